The molecule has 0 aliphatic carbocycles. The molecule has 0 aliphatic heterocycles. The summed E-state index contributed by atoms with van der Waals surface area (Å²) in [6.07, 6.45) is -0.457. The normalized spacial score (nSPS) is 12.9. The number of hydrogen-bond acceptors (Lipinski definition) is 5. The highest BCUT2D eigenvalue weighted by Gasteiger charge is 2.24. The van der Waals surface area contributed by atoms with Crippen molar-refractivity contribution in [3.63, 3.8) is 0 Å². The Bertz CT molecular complexity index is 699. The van der Waals surface area contributed by atoms with Crippen LogP contribution in [0.3, 0.4) is 0 Å². The van der Waals surface area contributed by atoms with E-state index >= 15 is 0 Å². The summed E-state index contributed by atoms with van der Waals surface area (Å²) >= 11 is 0. The van der Waals surface area contributed by atoms with Crippen LogP contribution in [-0.2, 0) is 26.0 Å². The second-order valence-electron chi connectivity index (χ2n) is 6.70. The molecule has 1 unspecified atom stereocenters. The quantitative estimate of drug-likeness (QED) is 0.612. The van der Waals surface area contributed by atoms with Crippen LogP contribution >= 0.6 is 0 Å². The molecule has 0 fully saturated rings. The lowest BCUT2D eigenvalue weighted by Crippen LogP contribution is -2.50. The SMILES string of the molecule is CNS(=O)(=O)CCNC(=O)C(Cc1ccccc1)NC(=O)OC(C)(C)C. The number of carbonyl (C=O) groups is 2. The van der Waals surface area contributed by atoms with Crippen molar-refractivity contribution in [1.29, 1.82) is 0 Å². The first kappa shape index (κ1) is 21.9. The Balaban J connectivity index is 2.76. The average Bonchev–Trinajstić information content (AvgIpc) is 2.53. The van der Waals surface area contributed by atoms with E-state index in [1.807, 2.05) is 30.3 Å². The van der Waals surface area contributed by atoms with Crippen molar-refractivity contribution < 1.29 is 22.7 Å². The number of benzene rings is 1. The van der Waals surface area contributed by atoms with Crippen molar-refractivity contribution in [3.8, 4) is 0 Å². The van der Waals surface area contributed by atoms with Crippen LogP contribution < -0.4 is 15.4 Å². The monoisotopic (exact) mass is 385 g/mol. The summed E-state index contributed by atoms with van der Waals surface area (Å²) in [6.45, 7) is 5.10. The zero-order valence-corrected chi connectivity index (χ0v) is 16.4. The van der Waals surface area contributed by atoms with Gasteiger partial charge in [-0.2, -0.15) is 0 Å². The van der Waals surface area contributed by atoms with Gasteiger partial charge in [0.05, 0.1) is 5.75 Å². The van der Waals surface area contributed by atoms with Crippen LogP contribution in [0.25, 0.3) is 0 Å². The van der Waals surface area contributed by atoms with Gasteiger partial charge >= 0.3 is 6.09 Å². The number of carbonyl (C=O) groups excluding carboxylic acids is 2. The molecule has 9 heteroatoms. The van der Waals surface area contributed by atoms with E-state index in [-0.39, 0.29) is 18.7 Å². The Labute approximate surface area is 154 Å². The zero-order chi connectivity index (χ0) is 19.8. The summed E-state index contributed by atoms with van der Waals surface area (Å²) in [6, 6.07) is 8.30. The van der Waals surface area contributed by atoms with E-state index in [0.29, 0.717) is 0 Å². The predicted molar refractivity (Wildman–Crippen MR) is 99.2 cm³/mol. The fourth-order valence-electron chi connectivity index (χ4n) is 2.04. The van der Waals surface area contributed by atoms with Crippen LogP contribution in [0.1, 0.15) is 26.3 Å². The van der Waals surface area contributed by atoms with Gasteiger partial charge in [-0.1, -0.05) is 30.3 Å². The van der Waals surface area contributed by atoms with Gasteiger partial charge in [-0.15, -0.1) is 0 Å². The second kappa shape index (κ2) is 9.54. The molecule has 3 N–H and O–H groups in total. The molecule has 146 valence electrons. The molecule has 0 heterocycles. The van der Waals surface area contributed by atoms with Crippen LogP contribution in [0.2, 0.25) is 0 Å². The van der Waals surface area contributed by atoms with Gasteiger partial charge in [0.25, 0.3) is 0 Å². The first-order chi connectivity index (χ1) is 12.0. The van der Waals surface area contributed by atoms with E-state index in [9.17, 15) is 18.0 Å². The smallest absolute Gasteiger partial charge is 0.408 e. The minimum absolute atomic E-state index is 0.0662. The maximum absolute atomic E-state index is 12.4. The lowest BCUT2D eigenvalue weighted by Gasteiger charge is -2.23. The van der Waals surface area contributed by atoms with Gasteiger partial charge in [0.1, 0.15) is 11.6 Å². The fraction of sp³-hybridized carbons (Fsp3) is 0.529. The zero-order valence-electron chi connectivity index (χ0n) is 15.5. The summed E-state index contributed by atoms with van der Waals surface area (Å²) in [5.41, 5.74) is 0.158. The Kier molecular flexibility index (Phi) is 8.04. The summed E-state index contributed by atoms with van der Waals surface area (Å²) in [7, 11) is -2.12. The molecule has 1 aromatic carbocycles. The predicted octanol–water partition coefficient (Wildman–Crippen LogP) is 0.788. The Hall–Kier alpha value is -2.13. The molecule has 2 amide bonds. The van der Waals surface area contributed by atoms with Gasteiger partial charge in [-0.25, -0.2) is 17.9 Å². The summed E-state index contributed by atoms with van der Waals surface area (Å²) in [5.74, 6) is -0.731. The largest absolute Gasteiger partial charge is 0.444 e. The third-order valence-electron chi connectivity index (χ3n) is 3.27. The number of alkyl carbamates (subject to hydrolysis) is 1. The average molecular weight is 385 g/mol. The highest BCUT2D eigenvalue weighted by molar-refractivity contribution is 7.89. The number of hydrogen-bond donors (Lipinski definition) is 3. The van der Waals surface area contributed by atoms with Crippen molar-refractivity contribution in [2.75, 3.05) is 19.3 Å². The number of rotatable bonds is 8. The van der Waals surface area contributed by atoms with E-state index < -0.39 is 33.7 Å². The molecule has 26 heavy (non-hydrogen) atoms. The number of nitrogens with one attached hydrogen (secondary N) is 3. The lowest BCUT2D eigenvalue weighted by molar-refractivity contribution is -0.123. The molecular weight excluding hydrogens is 358 g/mol. The van der Waals surface area contributed by atoms with Gasteiger partial charge < -0.3 is 15.4 Å². The number of amides is 2. The topological polar surface area (TPSA) is 114 Å². The third kappa shape index (κ3) is 8.82. The second-order valence-corrected chi connectivity index (χ2v) is 8.75. The van der Waals surface area contributed by atoms with E-state index in [1.165, 1.54) is 7.05 Å². The van der Waals surface area contributed by atoms with Gasteiger partial charge in [-0.3, -0.25) is 4.79 Å². The fourth-order valence-corrected chi connectivity index (χ4v) is 2.62. The first-order valence-electron chi connectivity index (χ1n) is 8.25. The van der Waals surface area contributed by atoms with E-state index in [1.54, 1.807) is 20.8 Å². The first-order valence-corrected chi connectivity index (χ1v) is 9.90. The Morgan fingerprint density at radius 1 is 1.15 bits per heavy atom. The van der Waals surface area contributed by atoms with E-state index in [0.717, 1.165) is 5.56 Å². The molecule has 0 spiro atoms. The molecule has 0 radical (unpaired) electrons. The summed E-state index contributed by atoms with van der Waals surface area (Å²) in [5, 5.41) is 5.08. The molecule has 8 nitrogen and oxygen atoms in total. The van der Waals surface area contributed by atoms with Gasteiger partial charge in [0.2, 0.25) is 15.9 Å². The minimum atomic E-state index is -3.42. The molecule has 0 saturated carbocycles. The standard InChI is InChI=1S/C17H27N3O5S/c1-17(2,3)25-16(22)20-14(12-13-8-6-5-7-9-13)15(21)19-10-11-26(23,24)18-4/h5-9,14,18H,10-12H2,1-4H3,(H,19,21)(H,20,22). The van der Waals surface area contributed by atoms with Crippen molar-refractivity contribution in [2.45, 2.75) is 38.8 Å². The Morgan fingerprint density at radius 3 is 2.31 bits per heavy atom. The van der Waals surface area contributed by atoms with Crippen LogP contribution in [0.4, 0.5) is 4.79 Å². The van der Waals surface area contributed by atoms with E-state index in [2.05, 4.69) is 15.4 Å². The molecule has 1 atom stereocenters. The molecule has 0 bridgehead atoms. The van der Waals surface area contributed by atoms with Gasteiger partial charge in [0.15, 0.2) is 0 Å². The van der Waals surface area contributed by atoms with Gasteiger partial charge in [0, 0.05) is 13.0 Å². The third-order valence-corrected chi connectivity index (χ3v) is 4.63. The lowest BCUT2D eigenvalue weighted by atomic mass is 10.1. The maximum Gasteiger partial charge on any atom is 0.408 e. The molecule has 0 saturated heterocycles. The van der Waals surface area contributed by atoms with Crippen LogP contribution in [-0.4, -0.2) is 51.4 Å². The van der Waals surface area contributed by atoms with Crippen molar-refractivity contribution >= 4 is 22.0 Å². The number of ether oxygens (including phenoxy) is 1. The maximum atomic E-state index is 12.4. The van der Waals surface area contributed by atoms with Gasteiger partial charge in [-0.05, 0) is 33.4 Å². The molecule has 0 aliphatic rings. The Morgan fingerprint density at radius 2 is 1.77 bits per heavy atom. The van der Waals surface area contributed by atoms with Crippen molar-refractivity contribution in [1.82, 2.24) is 15.4 Å². The summed E-state index contributed by atoms with van der Waals surface area (Å²) in [4.78, 5) is 24.5. The van der Waals surface area contributed by atoms with E-state index in [4.69, 9.17) is 4.74 Å². The van der Waals surface area contributed by atoms with Crippen molar-refractivity contribution in [3.05, 3.63) is 35.9 Å². The number of sulfonamides is 1. The molecule has 1 rings (SSSR count). The van der Waals surface area contributed by atoms with Crippen molar-refractivity contribution in [2.24, 2.45) is 0 Å². The molecule has 0 aromatic heterocycles. The summed E-state index contributed by atoms with van der Waals surface area (Å²) < 4.78 is 30.2. The highest BCUT2D eigenvalue weighted by Crippen LogP contribution is 2.08. The minimum Gasteiger partial charge on any atom is -0.444 e. The van der Waals surface area contributed by atoms with Crippen LogP contribution in [0, 0.1) is 0 Å². The van der Waals surface area contributed by atoms with Crippen LogP contribution in [0.5, 0.6) is 0 Å². The highest BCUT2D eigenvalue weighted by atomic mass is 32.2. The molecule has 1 aromatic rings. The molecular formula is C17H27N3O5S. The van der Waals surface area contributed by atoms with Crippen LogP contribution in [0.15, 0.2) is 30.3 Å².